The maximum Gasteiger partial charge on any atom is 0.191 e. The zero-order chi connectivity index (χ0) is 22.7. The van der Waals surface area contributed by atoms with Crippen molar-refractivity contribution in [3.63, 3.8) is 0 Å². The normalized spacial score (nSPS) is 11.1. The Balaban J connectivity index is 1.52. The van der Waals surface area contributed by atoms with Crippen molar-refractivity contribution in [3.8, 4) is 17.1 Å². The first-order valence-corrected chi connectivity index (χ1v) is 11.4. The van der Waals surface area contributed by atoms with E-state index in [0.717, 1.165) is 39.8 Å². The number of carbonyl (C=O) groups is 1. The standard InChI is InChI=1S/C24H26N4O3S/c1-5-27-23(19-10-6-7-11-22(19)30-4)25-26-24(27)32-15-21(29)20-13-16(2)28(17(20)3)14-18-9-8-12-31-18/h6-13H,5,14-15H2,1-4H3. The zero-order valence-corrected chi connectivity index (χ0v) is 19.5. The van der Waals surface area contributed by atoms with Gasteiger partial charge in [0.2, 0.25) is 0 Å². The summed E-state index contributed by atoms with van der Waals surface area (Å²) in [5.74, 6) is 2.69. The highest BCUT2D eigenvalue weighted by Gasteiger charge is 2.20. The monoisotopic (exact) mass is 450 g/mol. The number of hydrogen-bond donors (Lipinski definition) is 0. The Morgan fingerprint density at radius 1 is 1.12 bits per heavy atom. The molecule has 0 saturated carbocycles. The molecule has 0 fully saturated rings. The van der Waals surface area contributed by atoms with Crippen molar-refractivity contribution in [1.29, 1.82) is 0 Å². The van der Waals surface area contributed by atoms with Crippen LogP contribution in [0.2, 0.25) is 0 Å². The molecule has 1 aromatic carbocycles. The molecule has 0 aliphatic rings. The number of aromatic nitrogens is 4. The molecular weight excluding hydrogens is 424 g/mol. The first-order chi connectivity index (χ1) is 15.5. The van der Waals surface area contributed by atoms with Gasteiger partial charge in [0.05, 0.1) is 31.2 Å². The van der Waals surface area contributed by atoms with Gasteiger partial charge >= 0.3 is 0 Å². The van der Waals surface area contributed by atoms with E-state index in [1.165, 1.54) is 11.8 Å². The summed E-state index contributed by atoms with van der Waals surface area (Å²) in [5.41, 5.74) is 3.58. The Bertz CT molecular complexity index is 1220. The summed E-state index contributed by atoms with van der Waals surface area (Å²) in [6.07, 6.45) is 1.66. The van der Waals surface area contributed by atoms with Crippen LogP contribution in [-0.2, 0) is 13.1 Å². The molecule has 8 heteroatoms. The minimum absolute atomic E-state index is 0.0679. The highest BCUT2D eigenvalue weighted by atomic mass is 32.2. The van der Waals surface area contributed by atoms with Crippen LogP contribution in [0.3, 0.4) is 0 Å². The SMILES string of the molecule is CCn1c(SCC(=O)c2cc(C)n(Cc3ccco3)c2C)nnc1-c1ccccc1OC. The molecule has 0 N–H and O–H groups in total. The molecule has 3 heterocycles. The molecule has 0 saturated heterocycles. The van der Waals surface area contributed by atoms with E-state index in [4.69, 9.17) is 9.15 Å². The number of rotatable bonds is 9. The highest BCUT2D eigenvalue weighted by molar-refractivity contribution is 7.99. The van der Waals surface area contributed by atoms with Gasteiger partial charge in [0, 0.05) is 23.5 Å². The van der Waals surface area contributed by atoms with Crippen LogP contribution in [0.4, 0.5) is 0 Å². The van der Waals surface area contributed by atoms with Crippen LogP contribution in [0.25, 0.3) is 11.4 Å². The van der Waals surface area contributed by atoms with E-state index in [1.807, 2.05) is 67.8 Å². The van der Waals surface area contributed by atoms with Gasteiger partial charge in [-0.25, -0.2) is 0 Å². The van der Waals surface area contributed by atoms with Crippen molar-refractivity contribution in [3.05, 3.63) is 71.4 Å². The zero-order valence-electron chi connectivity index (χ0n) is 18.7. The molecule has 0 atom stereocenters. The third-order valence-electron chi connectivity index (χ3n) is 5.48. The molecule has 0 bridgehead atoms. The van der Waals surface area contributed by atoms with Gasteiger partial charge in [0.1, 0.15) is 11.5 Å². The number of ether oxygens (including phenoxy) is 1. The Morgan fingerprint density at radius 2 is 1.94 bits per heavy atom. The van der Waals surface area contributed by atoms with Gasteiger partial charge in [-0.2, -0.15) is 0 Å². The lowest BCUT2D eigenvalue weighted by atomic mass is 10.2. The molecule has 3 aromatic heterocycles. The van der Waals surface area contributed by atoms with Crippen molar-refractivity contribution in [2.24, 2.45) is 0 Å². The summed E-state index contributed by atoms with van der Waals surface area (Å²) in [6, 6.07) is 13.5. The Kier molecular flexibility index (Phi) is 6.50. The number of ketones is 1. The average Bonchev–Trinajstić information content (AvgIpc) is 3.53. The average molecular weight is 451 g/mol. The summed E-state index contributed by atoms with van der Waals surface area (Å²) < 4.78 is 15.1. The number of para-hydroxylation sites is 1. The molecule has 4 aromatic rings. The lowest BCUT2D eigenvalue weighted by Gasteiger charge is -2.10. The minimum Gasteiger partial charge on any atom is -0.496 e. The first-order valence-electron chi connectivity index (χ1n) is 10.4. The van der Waals surface area contributed by atoms with E-state index in [-0.39, 0.29) is 11.5 Å². The van der Waals surface area contributed by atoms with E-state index in [1.54, 1.807) is 13.4 Å². The molecule has 0 amide bonds. The second-order valence-electron chi connectivity index (χ2n) is 7.41. The third kappa shape index (κ3) is 4.23. The van der Waals surface area contributed by atoms with E-state index in [9.17, 15) is 4.79 Å². The Labute approximate surface area is 191 Å². The fourth-order valence-corrected chi connectivity index (χ4v) is 4.69. The number of thioether (sulfide) groups is 1. The van der Waals surface area contributed by atoms with Crippen LogP contribution in [0, 0.1) is 13.8 Å². The maximum atomic E-state index is 13.0. The molecule has 166 valence electrons. The van der Waals surface area contributed by atoms with Gasteiger partial charge in [-0.05, 0) is 51.1 Å². The van der Waals surface area contributed by atoms with Crippen LogP contribution in [0.15, 0.2) is 58.3 Å². The van der Waals surface area contributed by atoms with Gasteiger partial charge in [-0.3, -0.25) is 4.79 Å². The molecule has 7 nitrogen and oxygen atoms in total. The smallest absolute Gasteiger partial charge is 0.191 e. The maximum absolute atomic E-state index is 13.0. The molecular formula is C24H26N4O3S. The van der Waals surface area contributed by atoms with Crippen LogP contribution < -0.4 is 4.74 Å². The number of carbonyl (C=O) groups excluding carboxylic acids is 1. The summed E-state index contributed by atoms with van der Waals surface area (Å²) in [5, 5.41) is 9.44. The molecule has 0 unspecified atom stereocenters. The quantitative estimate of drug-likeness (QED) is 0.264. The van der Waals surface area contributed by atoms with E-state index >= 15 is 0 Å². The van der Waals surface area contributed by atoms with Gasteiger partial charge in [0.25, 0.3) is 0 Å². The molecule has 0 aliphatic heterocycles. The largest absolute Gasteiger partial charge is 0.496 e. The van der Waals surface area contributed by atoms with Crippen molar-refractivity contribution >= 4 is 17.5 Å². The van der Waals surface area contributed by atoms with Gasteiger partial charge < -0.3 is 18.3 Å². The number of benzene rings is 1. The topological polar surface area (TPSA) is 75.1 Å². The lowest BCUT2D eigenvalue weighted by molar-refractivity contribution is 0.102. The van der Waals surface area contributed by atoms with Crippen LogP contribution >= 0.6 is 11.8 Å². The van der Waals surface area contributed by atoms with Crippen molar-refractivity contribution in [1.82, 2.24) is 19.3 Å². The minimum atomic E-state index is 0.0679. The van der Waals surface area contributed by atoms with Gasteiger partial charge in [0.15, 0.2) is 16.8 Å². The van der Waals surface area contributed by atoms with E-state index in [0.29, 0.717) is 18.2 Å². The van der Waals surface area contributed by atoms with E-state index in [2.05, 4.69) is 14.8 Å². The van der Waals surface area contributed by atoms with Gasteiger partial charge in [-0.1, -0.05) is 23.9 Å². The van der Waals surface area contributed by atoms with Crippen LogP contribution in [0.5, 0.6) is 5.75 Å². The fourth-order valence-electron chi connectivity index (χ4n) is 3.80. The Morgan fingerprint density at radius 3 is 2.66 bits per heavy atom. The van der Waals surface area contributed by atoms with Crippen molar-refractivity contribution < 1.29 is 13.9 Å². The second kappa shape index (κ2) is 9.48. The third-order valence-corrected chi connectivity index (χ3v) is 6.45. The fraction of sp³-hybridized carbons (Fsp3) is 0.292. The van der Waals surface area contributed by atoms with Gasteiger partial charge in [-0.15, -0.1) is 10.2 Å². The van der Waals surface area contributed by atoms with Crippen molar-refractivity contribution in [2.75, 3.05) is 12.9 Å². The van der Waals surface area contributed by atoms with Crippen molar-refractivity contribution in [2.45, 2.75) is 39.0 Å². The number of Topliss-reactive ketones (excluding diaryl/α,β-unsaturated/α-hetero) is 1. The first kappa shape index (κ1) is 22.0. The number of hydrogen-bond acceptors (Lipinski definition) is 6. The van der Waals surface area contributed by atoms with E-state index < -0.39 is 0 Å². The molecule has 0 aliphatic carbocycles. The summed E-state index contributed by atoms with van der Waals surface area (Å²) in [7, 11) is 1.64. The summed E-state index contributed by atoms with van der Waals surface area (Å²) in [6.45, 7) is 7.32. The summed E-state index contributed by atoms with van der Waals surface area (Å²) in [4.78, 5) is 13.0. The molecule has 32 heavy (non-hydrogen) atoms. The Hall–Kier alpha value is -3.26. The molecule has 0 radical (unpaired) electrons. The second-order valence-corrected chi connectivity index (χ2v) is 8.36. The number of furan rings is 1. The molecule has 4 rings (SSSR count). The predicted octanol–water partition coefficient (Wildman–Crippen LogP) is 5.01. The number of aryl methyl sites for hydroxylation is 1. The summed E-state index contributed by atoms with van der Waals surface area (Å²) >= 11 is 1.40. The number of nitrogens with zero attached hydrogens (tertiary/aromatic N) is 4. The highest BCUT2D eigenvalue weighted by Crippen LogP contribution is 2.31. The lowest BCUT2D eigenvalue weighted by Crippen LogP contribution is -2.08. The van der Waals surface area contributed by atoms with Crippen LogP contribution in [-0.4, -0.2) is 38.0 Å². The predicted molar refractivity (Wildman–Crippen MR) is 124 cm³/mol. The number of methoxy groups -OCH3 is 1. The van der Waals surface area contributed by atoms with Crippen LogP contribution in [0.1, 0.15) is 34.4 Å². The molecule has 0 spiro atoms.